The van der Waals surface area contributed by atoms with Crippen molar-refractivity contribution >= 4 is 44.8 Å². The molecule has 0 unspecified atom stereocenters. The van der Waals surface area contributed by atoms with Crippen LogP contribution in [0.15, 0.2) is 16.6 Å². The Bertz CT molecular complexity index is 333. The van der Waals surface area contributed by atoms with Gasteiger partial charge in [-0.25, -0.2) is 0 Å². The highest BCUT2D eigenvalue weighted by atomic mass is 79.9. The maximum absolute atomic E-state index is 6.06. The molecule has 0 aliphatic heterocycles. The van der Waals surface area contributed by atoms with Gasteiger partial charge >= 0.3 is 0 Å². The van der Waals surface area contributed by atoms with E-state index in [1.165, 1.54) is 0 Å². The minimum atomic E-state index is 0.536. The van der Waals surface area contributed by atoms with E-state index in [0.29, 0.717) is 10.0 Å². The highest BCUT2D eigenvalue weighted by Gasteiger charge is 2.07. The maximum atomic E-state index is 6.06. The molecule has 0 amide bonds. The monoisotopic (exact) mass is 311 g/mol. The molecule has 0 radical (unpaired) electrons. The summed E-state index contributed by atoms with van der Waals surface area (Å²) in [4.78, 5) is 0. The van der Waals surface area contributed by atoms with Crippen LogP contribution in [0.4, 0.5) is 5.69 Å². The molecule has 1 aromatic rings. The summed E-state index contributed by atoms with van der Waals surface area (Å²) >= 11 is 15.3. The van der Waals surface area contributed by atoms with Gasteiger partial charge in [0.2, 0.25) is 0 Å². The number of hydrogen-bond donors (Lipinski definition) is 1. The van der Waals surface area contributed by atoms with Gasteiger partial charge in [-0.1, -0.05) is 23.2 Å². The largest absolute Gasteiger partial charge is 0.385 e. The molecule has 0 atom stereocenters. The Morgan fingerprint density at radius 1 is 1.33 bits per heavy atom. The number of halogens is 3. The van der Waals surface area contributed by atoms with Crippen LogP contribution in [0, 0.1) is 0 Å². The molecule has 0 aliphatic rings. The van der Waals surface area contributed by atoms with Gasteiger partial charge in [-0.2, -0.15) is 0 Å². The number of anilines is 1. The molecule has 0 saturated carbocycles. The Kier molecular flexibility index (Phi) is 5.75. The summed E-state index contributed by atoms with van der Waals surface area (Å²) in [5.74, 6) is 0. The number of ether oxygens (including phenoxy) is 1. The molecule has 84 valence electrons. The lowest BCUT2D eigenvalue weighted by Crippen LogP contribution is -2.05. The third-order valence-corrected chi connectivity index (χ3v) is 3.65. The fourth-order valence-electron chi connectivity index (χ4n) is 1.10. The van der Waals surface area contributed by atoms with Crippen LogP contribution in [0.25, 0.3) is 0 Å². The molecule has 0 heterocycles. The van der Waals surface area contributed by atoms with Crippen LogP contribution in [0.5, 0.6) is 0 Å². The first-order valence-electron chi connectivity index (χ1n) is 4.53. The van der Waals surface area contributed by atoms with E-state index in [-0.39, 0.29) is 0 Å². The van der Waals surface area contributed by atoms with Gasteiger partial charge in [0.1, 0.15) is 0 Å². The van der Waals surface area contributed by atoms with E-state index in [1.54, 1.807) is 7.11 Å². The molecule has 0 saturated heterocycles. The van der Waals surface area contributed by atoms with Gasteiger partial charge in [0.25, 0.3) is 0 Å². The van der Waals surface area contributed by atoms with Crippen molar-refractivity contribution in [3.05, 3.63) is 26.7 Å². The van der Waals surface area contributed by atoms with Gasteiger partial charge in [-0.3, -0.25) is 0 Å². The van der Waals surface area contributed by atoms with E-state index in [4.69, 9.17) is 27.9 Å². The van der Waals surface area contributed by atoms with Crippen LogP contribution in [0.2, 0.25) is 10.0 Å². The van der Waals surface area contributed by atoms with Gasteiger partial charge in [0, 0.05) is 24.7 Å². The Morgan fingerprint density at radius 3 is 2.73 bits per heavy atom. The number of benzene rings is 1. The van der Waals surface area contributed by atoms with Gasteiger partial charge in [-0.05, 0) is 34.5 Å². The second kappa shape index (κ2) is 6.59. The summed E-state index contributed by atoms with van der Waals surface area (Å²) < 4.78 is 5.75. The van der Waals surface area contributed by atoms with Crippen LogP contribution in [0.3, 0.4) is 0 Å². The van der Waals surface area contributed by atoms with E-state index in [1.807, 2.05) is 12.1 Å². The van der Waals surface area contributed by atoms with Gasteiger partial charge < -0.3 is 10.1 Å². The second-order valence-corrected chi connectivity index (χ2v) is 4.61. The molecule has 15 heavy (non-hydrogen) atoms. The normalized spacial score (nSPS) is 10.4. The van der Waals surface area contributed by atoms with Gasteiger partial charge in [0.05, 0.1) is 15.7 Å². The summed E-state index contributed by atoms with van der Waals surface area (Å²) in [6.45, 7) is 1.54. The standard InChI is InChI=1S/C10H12BrCl2NO/c1-15-6-2-5-14-8-4-3-7(11)9(12)10(8)13/h3-4,14H,2,5-6H2,1H3. The SMILES string of the molecule is COCCCNc1ccc(Br)c(Cl)c1Cl. The van der Waals surface area contributed by atoms with Crippen molar-refractivity contribution in [2.45, 2.75) is 6.42 Å². The van der Waals surface area contributed by atoms with Crippen molar-refractivity contribution in [1.82, 2.24) is 0 Å². The smallest absolute Gasteiger partial charge is 0.0835 e. The summed E-state index contributed by atoms with van der Waals surface area (Å²) in [6, 6.07) is 3.76. The van der Waals surface area contributed by atoms with Crippen molar-refractivity contribution in [3.8, 4) is 0 Å². The van der Waals surface area contributed by atoms with E-state index in [9.17, 15) is 0 Å². The zero-order valence-corrected chi connectivity index (χ0v) is 11.4. The zero-order chi connectivity index (χ0) is 11.3. The number of rotatable bonds is 5. The summed E-state index contributed by atoms with van der Waals surface area (Å²) in [5, 5.41) is 4.28. The Balaban J connectivity index is 2.58. The topological polar surface area (TPSA) is 21.3 Å². The quantitative estimate of drug-likeness (QED) is 0.650. The fraction of sp³-hybridized carbons (Fsp3) is 0.400. The lowest BCUT2D eigenvalue weighted by molar-refractivity contribution is 0.198. The van der Waals surface area contributed by atoms with E-state index in [2.05, 4.69) is 21.2 Å². The zero-order valence-electron chi connectivity index (χ0n) is 8.32. The van der Waals surface area contributed by atoms with Crippen LogP contribution in [-0.4, -0.2) is 20.3 Å². The van der Waals surface area contributed by atoms with Gasteiger partial charge in [0.15, 0.2) is 0 Å². The highest BCUT2D eigenvalue weighted by molar-refractivity contribution is 9.10. The van der Waals surface area contributed by atoms with Crippen molar-refractivity contribution in [2.24, 2.45) is 0 Å². The first kappa shape index (κ1) is 13.1. The lowest BCUT2D eigenvalue weighted by Gasteiger charge is -2.09. The Labute approximate surface area is 108 Å². The Hall–Kier alpha value is 0.0400. The first-order valence-corrected chi connectivity index (χ1v) is 6.08. The number of nitrogens with one attached hydrogen (secondary N) is 1. The molecule has 0 spiro atoms. The molecule has 1 aromatic carbocycles. The Morgan fingerprint density at radius 2 is 2.07 bits per heavy atom. The molecule has 5 heteroatoms. The van der Waals surface area contributed by atoms with E-state index >= 15 is 0 Å². The molecular formula is C10H12BrCl2NO. The molecule has 0 aromatic heterocycles. The summed E-state index contributed by atoms with van der Waals surface area (Å²) in [6.07, 6.45) is 0.931. The first-order chi connectivity index (χ1) is 7.16. The van der Waals surface area contributed by atoms with Crippen molar-refractivity contribution in [1.29, 1.82) is 0 Å². The molecule has 0 bridgehead atoms. The number of hydrogen-bond acceptors (Lipinski definition) is 2. The third-order valence-electron chi connectivity index (χ3n) is 1.88. The van der Waals surface area contributed by atoms with Crippen molar-refractivity contribution < 1.29 is 4.74 Å². The molecule has 0 aliphatic carbocycles. The van der Waals surface area contributed by atoms with Crippen LogP contribution >= 0.6 is 39.1 Å². The third kappa shape index (κ3) is 3.83. The lowest BCUT2D eigenvalue weighted by atomic mass is 10.3. The summed E-state index contributed by atoms with van der Waals surface area (Å²) in [5.41, 5.74) is 0.848. The van der Waals surface area contributed by atoms with E-state index in [0.717, 1.165) is 29.7 Å². The average Bonchev–Trinajstić information content (AvgIpc) is 2.24. The van der Waals surface area contributed by atoms with Crippen molar-refractivity contribution in [2.75, 3.05) is 25.6 Å². The molecule has 0 fully saturated rings. The predicted molar refractivity (Wildman–Crippen MR) is 69.1 cm³/mol. The van der Waals surface area contributed by atoms with Crippen LogP contribution in [-0.2, 0) is 4.74 Å². The predicted octanol–water partition coefficient (Wildman–Crippen LogP) is 4.20. The maximum Gasteiger partial charge on any atom is 0.0835 e. The molecule has 1 N–H and O–H groups in total. The minimum Gasteiger partial charge on any atom is -0.385 e. The molecule has 2 nitrogen and oxygen atoms in total. The number of methoxy groups -OCH3 is 1. The summed E-state index contributed by atoms with van der Waals surface area (Å²) in [7, 11) is 1.68. The van der Waals surface area contributed by atoms with Gasteiger partial charge in [-0.15, -0.1) is 0 Å². The molecule has 1 rings (SSSR count). The average molecular weight is 313 g/mol. The van der Waals surface area contributed by atoms with E-state index < -0.39 is 0 Å². The van der Waals surface area contributed by atoms with Crippen LogP contribution < -0.4 is 5.32 Å². The second-order valence-electron chi connectivity index (χ2n) is 3.00. The molecular weight excluding hydrogens is 301 g/mol. The minimum absolute atomic E-state index is 0.536. The van der Waals surface area contributed by atoms with Crippen molar-refractivity contribution in [3.63, 3.8) is 0 Å². The highest BCUT2D eigenvalue weighted by Crippen LogP contribution is 2.35. The van der Waals surface area contributed by atoms with Crippen LogP contribution in [0.1, 0.15) is 6.42 Å². The fourth-order valence-corrected chi connectivity index (χ4v) is 1.94.